The van der Waals surface area contributed by atoms with Crippen LogP contribution in [0.1, 0.15) is 11.1 Å². The van der Waals surface area contributed by atoms with Crippen LogP contribution in [0.3, 0.4) is 0 Å². The first-order valence-corrected chi connectivity index (χ1v) is 8.11. The number of thioether (sulfide) groups is 1. The number of aromatic hydroxyl groups is 1. The number of methoxy groups -OCH3 is 1. The Bertz CT molecular complexity index is 710. The lowest BCUT2D eigenvalue weighted by Crippen LogP contribution is -2.27. The monoisotopic (exact) mass is 347 g/mol. The number of phenols is 1. The summed E-state index contributed by atoms with van der Waals surface area (Å²) in [5.41, 5.74) is 1.45. The number of allylic oxidation sites excluding steroid dienone is 1. The molecule has 2 rings (SSSR count). The fourth-order valence-electron chi connectivity index (χ4n) is 2.18. The van der Waals surface area contributed by atoms with Gasteiger partial charge in [0.25, 0.3) is 5.91 Å². The van der Waals surface area contributed by atoms with Crippen molar-refractivity contribution in [3.8, 4) is 11.5 Å². The maximum Gasteiger partial charge on any atom is 0.266 e. The Balaban J connectivity index is 2.41. The van der Waals surface area contributed by atoms with Crippen LogP contribution in [0.2, 0.25) is 0 Å². The molecule has 1 saturated heterocycles. The molecule has 1 fully saturated rings. The van der Waals surface area contributed by atoms with E-state index in [0.29, 0.717) is 33.5 Å². The van der Waals surface area contributed by atoms with Crippen LogP contribution in [-0.4, -0.2) is 33.9 Å². The number of thiocarbonyl (C=S) groups is 1. The van der Waals surface area contributed by atoms with E-state index in [-0.39, 0.29) is 11.7 Å². The summed E-state index contributed by atoms with van der Waals surface area (Å²) in [5.74, 6) is 0.304. The molecule has 120 valence electrons. The van der Waals surface area contributed by atoms with E-state index < -0.39 is 0 Å². The summed E-state index contributed by atoms with van der Waals surface area (Å²) in [6, 6.07) is 3.49. The lowest BCUT2D eigenvalue weighted by atomic mass is 10.1. The number of benzene rings is 1. The van der Waals surface area contributed by atoms with Gasteiger partial charge in [-0.15, -0.1) is 13.2 Å². The van der Waals surface area contributed by atoms with E-state index >= 15 is 0 Å². The summed E-state index contributed by atoms with van der Waals surface area (Å²) in [4.78, 5) is 14.4. The molecule has 0 aromatic heterocycles. The van der Waals surface area contributed by atoms with E-state index in [0.717, 1.165) is 5.56 Å². The van der Waals surface area contributed by atoms with Crippen molar-refractivity contribution >= 4 is 40.3 Å². The fraction of sp³-hybridized carbons (Fsp3) is 0.176. The van der Waals surface area contributed by atoms with E-state index in [1.165, 1.54) is 23.8 Å². The van der Waals surface area contributed by atoms with Crippen molar-refractivity contribution in [3.63, 3.8) is 0 Å². The Labute approximate surface area is 145 Å². The molecule has 0 radical (unpaired) electrons. The molecule has 1 aromatic carbocycles. The molecule has 0 atom stereocenters. The van der Waals surface area contributed by atoms with Gasteiger partial charge >= 0.3 is 0 Å². The number of ether oxygens (including phenoxy) is 1. The van der Waals surface area contributed by atoms with Gasteiger partial charge in [0.1, 0.15) is 4.32 Å². The smallest absolute Gasteiger partial charge is 0.266 e. The second-order valence-corrected chi connectivity index (χ2v) is 6.48. The summed E-state index contributed by atoms with van der Waals surface area (Å²) >= 11 is 6.47. The van der Waals surface area contributed by atoms with Gasteiger partial charge < -0.3 is 9.84 Å². The van der Waals surface area contributed by atoms with Gasteiger partial charge in [0.2, 0.25) is 0 Å². The van der Waals surface area contributed by atoms with E-state index in [2.05, 4.69) is 13.2 Å². The van der Waals surface area contributed by atoms with Gasteiger partial charge in [-0.1, -0.05) is 36.1 Å². The topological polar surface area (TPSA) is 49.8 Å². The molecule has 0 saturated carbocycles. The average molecular weight is 347 g/mol. The minimum absolute atomic E-state index is 0.0868. The van der Waals surface area contributed by atoms with Gasteiger partial charge in [-0.05, 0) is 30.2 Å². The lowest BCUT2D eigenvalue weighted by Gasteiger charge is -2.11. The number of amides is 1. The van der Waals surface area contributed by atoms with Crippen molar-refractivity contribution in [2.75, 3.05) is 13.7 Å². The zero-order chi connectivity index (χ0) is 17.0. The number of nitrogens with zero attached hydrogens (tertiary/aromatic N) is 1. The molecule has 1 aromatic rings. The minimum Gasteiger partial charge on any atom is -0.504 e. The van der Waals surface area contributed by atoms with Crippen LogP contribution < -0.4 is 4.74 Å². The highest BCUT2D eigenvalue weighted by Crippen LogP contribution is 2.36. The Hall–Kier alpha value is -2.05. The van der Waals surface area contributed by atoms with Gasteiger partial charge in [0.15, 0.2) is 11.5 Å². The summed E-state index contributed by atoms with van der Waals surface area (Å²) in [6.45, 7) is 7.70. The Morgan fingerprint density at radius 1 is 1.39 bits per heavy atom. The normalized spacial score (nSPS) is 16.0. The van der Waals surface area contributed by atoms with Crippen LogP contribution >= 0.6 is 24.0 Å². The molecular weight excluding hydrogens is 330 g/mol. The lowest BCUT2D eigenvalue weighted by molar-refractivity contribution is -0.121. The highest BCUT2D eigenvalue weighted by Gasteiger charge is 2.31. The predicted molar refractivity (Wildman–Crippen MR) is 98.6 cm³/mol. The first-order valence-electron chi connectivity index (χ1n) is 6.88. The van der Waals surface area contributed by atoms with Crippen molar-refractivity contribution in [1.29, 1.82) is 0 Å². The van der Waals surface area contributed by atoms with Crippen molar-refractivity contribution in [1.82, 2.24) is 4.90 Å². The summed E-state index contributed by atoms with van der Waals surface area (Å²) in [5, 5.41) is 10.1. The number of phenolic OH excluding ortho intramolecular Hbond substituents is 1. The van der Waals surface area contributed by atoms with Gasteiger partial charge in [0, 0.05) is 12.1 Å². The zero-order valence-electron chi connectivity index (χ0n) is 12.7. The molecule has 1 aliphatic rings. The van der Waals surface area contributed by atoms with E-state index in [9.17, 15) is 9.90 Å². The Morgan fingerprint density at radius 2 is 2.13 bits per heavy atom. The Morgan fingerprint density at radius 3 is 2.74 bits per heavy atom. The number of carbonyl (C=O) groups excluding carboxylic acids is 1. The predicted octanol–water partition coefficient (Wildman–Crippen LogP) is 3.52. The molecule has 1 heterocycles. The molecule has 0 unspecified atom stereocenters. The molecule has 6 heteroatoms. The van der Waals surface area contributed by atoms with Crippen LogP contribution in [0.5, 0.6) is 11.5 Å². The maximum atomic E-state index is 12.3. The third-order valence-corrected chi connectivity index (χ3v) is 4.62. The second-order valence-electron chi connectivity index (χ2n) is 4.80. The standard InChI is InChI=1S/C17H17NO3S2/c1-4-6-12-8-11(9-13(21-3)15(12)19)10-14-16(20)18(7-5-2)17(22)23-14/h4-5,8-10,19H,1-2,6-7H2,3H3/b14-10+. The molecular formula is C17H17NO3S2. The molecule has 0 aliphatic carbocycles. The van der Waals surface area contributed by atoms with Gasteiger partial charge in [-0.2, -0.15) is 0 Å². The summed E-state index contributed by atoms with van der Waals surface area (Å²) in [6.07, 6.45) is 5.58. The minimum atomic E-state index is -0.141. The molecule has 23 heavy (non-hydrogen) atoms. The molecule has 0 spiro atoms. The van der Waals surface area contributed by atoms with Gasteiger partial charge in [-0.25, -0.2) is 0 Å². The Kier molecular flexibility index (Phi) is 5.63. The second kappa shape index (κ2) is 7.48. The number of hydrogen-bond donors (Lipinski definition) is 1. The third kappa shape index (κ3) is 3.65. The van der Waals surface area contributed by atoms with Gasteiger partial charge in [-0.3, -0.25) is 9.69 Å². The van der Waals surface area contributed by atoms with E-state index in [4.69, 9.17) is 17.0 Å². The van der Waals surface area contributed by atoms with E-state index in [1.807, 2.05) is 0 Å². The van der Waals surface area contributed by atoms with Crippen molar-refractivity contribution in [2.24, 2.45) is 0 Å². The van der Waals surface area contributed by atoms with Crippen LogP contribution in [0.15, 0.2) is 42.3 Å². The van der Waals surface area contributed by atoms with Crippen LogP contribution in [-0.2, 0) is 11.2 Å². The fourth-order valence-corrected chi connectivity index (χ4v) is 3.45. The highest BCUT2D eigenvalue weighted by molar-refractivity contribution is 8.26. The first-order chi connectivity index (χ1) is 11.0. The zero-order valence-corrected chi connectivity index (χ0v) is 14.4. The third-order valence-electron chi connectivity index (χ3n) is 3.24. The van der Waals surface area contributed by atoms with Crippen molar-refractivity contribution in [3.05, 3.63) is 53.5 Å². The quantitative estimate of drug-likeness (QED) is 0.485. The van der Waals surface area contributed by atoms with Gasteiger partial charge in [0.05, 0.1) is 12.0 Å². The van der Waals surface area contributed by atoms with Crippen molar-refractivity contribution in [2.45, 2.75) is 6.42 Å². The SMILES string of the molecule is C=CCc1cc(/C=C2/SC(=S)N(CC=C)C2=O)cc(OC)c1O. The molecule has 1 aliphatic heterocycles. The van der Waals surface area contributed by atoms with Crippen molar-refractivity contribution < 1.29 is 14.6 Å². The van der Waals surface area contributed by atoms with Crippen LogP contribution in [0, 0.1) is 0 Å². The van der Waals surface area contributed by atoms with E-state index in [1.54, 1.807) is 30.4 Å². The number of hydrogen-bond acceptors (Lipinski definition) is 5. The number of rotatable bonds is 6. The molecule has 1 amide bonds. The summed E-state index contributed by atoms with van der Waals surface area (Å²) in [7, 11) is 1.49. The molecule has 4 nitrogen and oxygen atoms in total. The molecule has 1 N–H and O–H groups in total. The largest absolute Gasteiger partial charge is 0.504 e. The maximum absolute atomic E-state index is 12.3. The highest BCUT2D eigenvalue weighted by atomic mass is 32.2. The van der Waals surface area contributed by atoms with Crippen LogP contribution in [0.4, 0.5) is 0 Å². The average Bonchev–Trinajstić information content (AvgIpc) is 2.78. The molecule has 0 bridgehead atoms. The van der Waals surface area contributed by atoms with Crippen LogP contribution in [0.25, 0.3) is 6.08 Å². The summed E-state index contributed by atoms with van der Waals surface area (Å²) < 4.78 is 5.70. The number of carbonyl (C=O) groups is 1. The first kappa shape index (κ1) is 17.3.